The molecule has 0 saturated carbocycles. The second-order valence-corrected chi connectivity index (χ2v) is 6.62. The molecule has 0 radical (unpaired) electrons. The van der Waals surface area contributed by atoms with E-state index in [2.05, 4.69) is 20.8 Å². The highest BCUT2D eigenvalue weighted by Crippen LogP contribution is 2.42. The average molecular weight is 381 g/mol. The Hall–Kier alpha value is -3.49. The van der Waals surface area contributed by atoms with Crippen LogP contribution in [0.3, 0.4) is 0 Å². The fourth-order valence-corrected chi connectivity index (χ4v) is 3.72. The number of ether oxygens (including phenoxy) is 4. The van der Waals surface area contributed by atoms with Gasteiger partial charge in [0.05, 0.1) is 26.3 Å². The van der Waals surface area contributed by atoms with Crippen molar-refractivity contribution in [2.24, 2.45) is 0 Å². The number of hydrogen-bond acceptors (Lipinski definition) is 8. The van der Waals surface area contributed by atoms with E-state index in [9.17, 15) is 0 Å². The molecule has 0 fully saturated rings. The molecule has 0 bridgehead atoms. The monoisotopic (exact) mass is 381 g/mol. The fourth-order valence-electron chi connectivity index (χ4n) is 3.72. The molecule has 0 spiro atoms. The van der Waals surface area contributed by atoms with Gasteiger partial charge in [0.2, 0.25) is 12.7 Å². The largest absolute Gasteiger partial charge is 0.493 e. The molecule has 2 atom stereocenters. The lowest BCUT2D eigenvalue weighted by Gasteiger charge is -2.31. The Morgan fingerprint density at radius 1 is 1.00 bits per heavy atom. The van der Waals surface area contributed by atoms with Crippen LogP contribution in [0.5, 0.6) is 23.0 Å². The van der Waals surface area contributed by atoms with Gasteiger partial charge in [0.25, 0.3) is 0 Å². The first-order valence-electron chi connectivity index (χ1n) is 8.92. The zero-order valence-electron chi connectivity index (χ0n) is 15.5. The zero-order valence-corrected chi connectivity index (χ0v) is 15.5. The van der Waals surface area contributed by atoms with Crippen molar-refractivity contribution in [3.8, 4) is 23.0 Å². The molecule has 1 N–H and O–H groups in total. The summed E-state index contributed by atoms with van der Waals surface area (Å²) in [5, 5.41) is 15.6. The number of tetrazole rings is 1. The van der Waals surface area contributed by atoms with Gasteiger partial charge in [0.15, 0.2) is 23.0 Å². The minimum atomic E-state index is -0.0427. The maximum absolute atomic E-state index is 5.54. The normalized spacial score (nSPS) is 19.6. The van der Waals surface area contributed by atoms with E-state index in [4.69, 9.17) is 18.9 Å². The van der Waals surface area contributed by atoms with E-state index in [1.54, 1.807) is 18.9 Å². The number of aromatic nitrogens is 4. The standard InChI is InChI=1S/C19H19N5O4/c1-25-15-5-3-11(7-17(15)26-2)13-9-14(24-19(20-13)21-22-23-24)12-4-6-16-18(8-12)28-10-27-16/h3-8,13-14H,9-10H2,1-2H3,(H,20,21,23)/t13-,14+/m0/s1. The Morgan fingerprint density at radius 2 is 1.82 bits per heavy atom. The number of nitrogens with zero attached hydrogens (tertiary/aromatic N) is 4. The summed E-state index contributed by atoms with van der Waals surface area (Å²) in [5.74, 6) is 3.50. The SMILES string of the molecule is COc1ccc([C@@H]2C[C@H](c3ccc4c(c3)OCO4)n3nnnc3N2)cc1OC. The highest BCUT2D eigenvalue weighted by molar-refractivity contribution is 5.48. The van der Waals surface area contributed by atoms with Gasteiger partial charge in [-0.2, -0.15) is 0 Å². The maximum Gasteiger partial charge on any atom is 0.243 e. The van der Waals surface area contributed by atoms with Gasteiger partial charge in [-0.25, -0.2) is 4.68 Å². The smallest absolute Gasteiger partial charge is 0.243 e. The third-order valence-electron chi connectivity index (χ3n) is 5.14. The van der Waals surface area contributed by atoms with Gasteiger partial charge in [-0.05, 0) is 52.2 Å². The first-order chi connectivity index (χ1) is 13.8. The molecule has 2 aromatic carbocycles. The first-order valence-corrected chi connectivity index (χ1v) is 8.92. The van der Waals surface area contributed by atoms with E-state index in [0.29, 0.717) is 17.4 Å². The van der Waals surface area contributed by atoms with Gasteiger partial charge in [-0.15, -0.1) is 0 Å². The van der Waals surface area contributed by atoms with Crippen LogP contribution in [0.15, 0.2) is 36.4 Å². The Bertz CT molecular complexity index is 1020. The second kappa shape index (κ2) is 6.59. The summed E-state index contributed by atoms with van der Waals surface area (Å²) in [4.78, 5) is 0. The van der Waals surface area contributed by atoms with Crippen LogP contribution in [0.2, 0.25) is 0 Å². The zero-order chi connectivity index (χ0) is 19.1. The minimum absolute atomic E-state index is 0.00808. The van der Waals surface area contributed by atoms with Crippen molar-refractivity contribution in [2.45, 2.75) is 18.5 Å². The van der Waals surface area contributed by atoms with Crippen molar-refractivity contribution in [2.75, 3.05) is 26.3 Å². The number of fused-ring (bicyclic) bond motifs is 2. The summed E-state index contributed by atoms with van der Waals surface area (Å²) >= 11 is 0. The van der Waals surface area contributed by atoms with Crippen molar-refractivity contribution >= 4 is 5.95 Å². The predicted octanol–water partition coefficient (Wildman–Crippen LogP) is 2.57. The molecule has 28 heavy (non-hydrogen) atoms. The summed E-state index contributed by atoms with van der Waals surface area (Å²) in [7, 11) is 3.26. The third-order valence-corrected chi connectivity index (χ3v) is 5.14. The van der Waals surface area contributed by atoms with Crippen LogP contribution in [-0.4, -0.2) is 41.2 Å². The molecule has 0 saturated heterocycles. The molecule has 0 aliphatic carbocycles. The number of benzene rings is 2. The van der Waals surface area contributed by atoms with Crippen molar-refractivity contribution in [3.05, 3.63) is 47.5 Å². The Labute approximate surface area is 161 Å². The highest BCUT2D eigenvalue weighted by atomic mass is 16.7. The van der Waals surface area contributed by atoms with Gasteiger partial charge in [-0.1, -0.05) is 17.2 Å². The summed E-state index contributed by atoms with van der Waals surface area (Å²) in [6.45, 7) is 0.245. The van der Waals surface area contributed by atoms with Crippen LogP contribution < -0.4 is 24.3 Å². The van der Waals surface area contributed by atoms with Crippen molar-refractivity contribution in [1.29, 1.82) is 0 Å². The molecule has 0 unspecified atom stereocenters. The molecule has 1 aromatic heterocycles. The third kappa shape index (κ3) is 2.67. The molecule has 2 aliphatic heterocycles. The molecule has 5 rings (SSSR count). The molecule has 3 heterocycles. The number of methoxy groups -OCH3 is 2. The topological polar surface area (TPSA) is 92.6 Å². The Balaban J connectivity index is 1.52. The maximum atomic E-state index is 5.54. The molecule has 144 valence electrons. The number of rotatable bonds is 4. The van der Waals surface area contributed by atoms with Crippen LogP contribution in [0.25, 0.3) is 0 Å². The van der Waals surface area contributed by atoms with E-state index in [1.807, 2.05) is 36.4 Å². The van der Waals surface area contributed by atoms with Crippen LogP contribution in [0, 0.1) is 0 Å². The summed E-state index contributed by atoms with van der Waals surface area (Å²) in [5.41, 5.74) is 2.13. The quantitative estimate of drug-likeness (QED) is 0.737. The Kier molecular flexibility index (Phi) is 3.92. The number of nitrogens with one attached hydrogen (secondary N) is 1. The van der Waals surface area contributed by atoms with Crippen molar-refractivity contribution in [3.63, 3.8) is 0 Å². The van der Waals surface area contributed by atoms with Gasteiger partial charge >= 0.3 is 0 Å². The number of anilines is 1. The molecule has 9 heteroatoms. The van der Waals surface area contributed by atoms with Crippen LogP contribution in [-0.2, 0) is 0 Å². The molecule has 0 amide bonds. The Morgan fingerprint density at radius 3 is 2.68 bits per heavy atom. The predicted molar refractivity (Wildman–Crippen MR) is 99.0 cm³/mol. The van der Waals surface area contributed by atoms with Crippen LogP contribution >= 0.6 is 0 Å². The van der Waals surface area contributed by atoms with Gasteiger partial charge < -0.3 is 24.3 Å². The van der Waals surface area contributed by atoms with E-state index in [0.717, 1.165) is 29.0 Å². The summed E-state index contributed by atoms with van der Waals surface area (Å²) in [6.07, 6.45) is 0.757. The van der Waals surface area contributed by atoms with E-state index in [1.165, 1.54) is 0 Å². The molecule has 3 aromatic rings. The summed E-state index contributed by atoms with van der Waals surface area (Å²) in [6, 6.07) is 11.8. The lowest BCUT2D eigenvalue weighted by atomic mass is 9.93. The molecular weight excluding hydrogens is 362 g/mol. The molecular formula is C19H19N5O4. The highest BCUT2D eigenvalue weighted by Gasteiger charge is 2.32. The van der Waals surface area contributed by atoms with Crippen LogP contribution in [0.4, 0.5) is 5.95 Å². The van der Waals surface area contributed by atoms with Crippen LogP contribution in [0.1, 0.15) is 29.6 Å². The van der Waals surface area contributed by atoms with E-state index < -0.39 is 0 Å². The second-order valence-electron chi connectivity index (χ2n) is 6.62. The number of hydrogen-bond donors (Lipinski definition) is 1. The molecule has 9 nitrogen and oxygen atoms in total. The fraction of sp³-hybridized carbons (Fsp3) is 0.316. The average Bonchev–Trinajstić information content (AvgIpc) is 3.40. The first kappa shape index (κ1) is 16.7. The molecule has 2 aliphatic rings. The van der Waals surface area contributed by atoms with E-state index in [-0.39, 0.29) is 18.9 Å². The van der Waals surface area contributed by atoms with Crippen molar-refractivity contribution < 1.29 is 18.9 Å². The van der Waals surface area contributed by atoms with Gasteiger partial charge in [-0.3, -0.25) is 0 Å². The van der Waals surface area contributed by atoms with Crippen molar-refractivity contribution in [1.82, 2.24) is 20.2 Å². The van der Waals surface area contributed by atoms with E-state index >= 15 is 0 Å². The lowest BCUT2D eigenvalue weighted by molar-refractivity contribution is 0.174. The minimum Gasteiger partial charge on any atom is -0.493 e. The van der Waals surface area contributed by atoms with Gasteiger partial charge in [0, 0.05) is 0 Å². The van der Waals surface area contributed by atoms with Gasteiger partial charge in [0.1, 0.15) is 0 Å². The summed E-state index contributed by atoms with van der Waals surface area (Å²) < 4.78 is 23.6. The lowest BCUT2D eigenvalue weighted by Crippen LogP contribution is -2.28.